The largest absolute Gasteiger partial charge is 0.352 e. The number of carbonyl (C=O) groups excluding carboxylic acids is 1. The van der Waals surface area contributed by atoms with Gasteiger partial charge in [-0.05, 0) is 56.5 Å². The standard InChI is InChI=1S/C24H26FN3O2S/c1-15-12-13-18(14-20(15)25)28-23(30)19-10-6-7-11-21(19)27-24(28)31-16(2)22(29)26-17-8-4-3-5-9-17/h6-7,10-14,16-17H,3-5,8-9H2,1-2H3,(H,26,29). The first kappa shape index (κ1) is 21.6. The van der Waals surface area contributed by atoms with Gasteiger partial charge in [-0.3, -0.25) is 14.2 Å². The highest BCUT2D eigenvalue weighted by Crippen LogP contribution is 2.26. The highest BCUT2D eigenvalue weighted by atomic mass is 32.2. The molecule has 4 rings (SSSR count). The smallest absolute Gasteiger partial charge is 0.266 e. The molecule has 0 radical (unpaired) electrons. The lowest BCUT2D eigenvalue weighted by atomic mass is 9.95. The molecule has 162 valence electrons. The van der Waals surface area contributed by atoms with Crippen molar-refractivity contribution in [3.63, 3.8) is 0 Å². The summed E-state index contributed by atoms with van der Waals surface area (Å²) in [7, 11) is 0. The van der Waals surface area contributed by atoms with Gasteiger partial charge in [-0.25, -0.2) is 9.37 Å². The van der Waals surface area contributed by atoms with Gasteiger partial charge in [0.1, 0.15) is 5.82 Å². The molecule has 1 atom stereocenters. The zero-order chi connectivity index (χ0) is 22.0. The molecule has 1 N–H and O–H groups in total. The van der Waals surface area contributed by atoms with E-state index in [2.05, 4.69) is 10.3 Å². The van der Waals surface area contributed by atoms with Gasteiger partial charge in [0.15, 0.2) is 5.16 Å². The Hall–Kier alpha value is -2.67. The minimum Gasteiger partial charge on any atom is -0.352 e. The molecule has 1 aliphatic rings. The Kier molecular flexibility index (Phi) is 6.41. The van der Waals surface area contributed by atoms with Crippen LogP contribution in [0.5, 0.6) is 0 Å². The first-order valence-corrected chi connectivity index (χ1v) is 11.6. The van der Waals surface area contributed by atoms with Crippen LogP contribution in [0.2, 0.25) is 0 Å². The van der Waals surface area contributed by atoms with Crippen LogP contribution in [-0.4, -0.2) is 26.8 Å². The molecule has 2 aromatic carbocycles. The number of benzene rings is 2. The number of para-hydroxylation sites is 1. The van der Waals surface area contributed by atoms with Crippen molar-refractivity contribution in [3.8, 4) is 5.69 Å². The van der Waals surface area contributed by atoms with Crippen LogP contribution in [0.4, 0.5) is 4.39 Å². The second kappa shape index (κ2) is 9.22. The van der Waals surface area contributed by atoms with E-state index in [0.717, 1.165) is 25.7 Å². The van der Waals surface area contributed by atoms with Gasteiger partial charge in [-0.15, -0.1) is 0 Å². The second-order valence-electron chi connectivity index (χ2n) is 8.09. The Bertz CT molecular complexity index is 1170. The zero-order valence-electron chi connectivity index (χ0n) is 17.7. The summed E-state index contributed by atoms with van der Waals surface area (Å²) in [5.41, 5.74) is 1.17. The fourth-order valence-electron chi connectivity index (χ4n) is 3.92. The molecule has 3 aromatic rings. The van der Waals surface area contributed by atoms with E-state index in [-0.39, 0.29) is 17.5 Å². The lowest BCUT2D eigenvalue weighted by Crippen LogP contribution is -2.40. The topological polar surface area (TPSA) is 64.0 Å². The average Bonchev–Trinajstić information content (AvgIpc) is 2.77. The van der Waals surface area contributed by atoms with Crippen LogP contribution in [0.3, 0.4) is 0 Å². The Morgan fingerprint density at radius 2 is 1.94 bits per heavy atom. The van der Waals surface area contributed by atoms with E-state index in [1.54, 1.807) is 37.3 Å². The van der Waals surface area contributed by atoms with Gasteiger partial charge in [0.25, 0.3) is 5.56 Å². The molecule has 1 amide bonds. The number of rotatable bonds is 5. The van der Waals surface area contributed by atoms with Gasteiger partial charge in [0.05, 0.1) is 21.8 Å². The minimum atomic E-state index is -0.448. The van der Waals surface area contributed by atoms with Crippen molar-refractivity contribution in [2.45, 2.75) is 62.4 Å². The van der Waals surface area contributed by atoms with Gasteiger partial charge in [0, 0.05) is 6.04 Å². The second-order valence-corrected chi connectivity index (χ2v) is 9.40. The average molecular weight is 440 g/mol. The number of nitrogens with zero attached hydrogens (tertiary/aromatic N) is 2. The molecule has 1 unspecified atom stereocenters. The molecule has 1 aliphatic carbocycles. The number of carbonyl (C=O) groups is 1. The van der Waals surface area contributed by atoms with Gasteiger partial charge < -0.3 is 5.32 Å². The van der Waals surface area contributed by atoms with Crippen LogP contribution in [0.15, 0.2) is 52.4 Å². The number of thioether (sulfide) groups is 1. The number of fused-ring (bicyclic) bond motifs is 1. The van der Waals surface area contributed by atoms with Crippen LogP contribution >= 0.6 is 11.8 Å². The monoisotopic (exact) mass is 439 g/mol. The van der Waals surface area contributed by atoms with E-state index < -0.39 is 11.1 Å². The van der Waals surface area contributed by atoms with Crippen LogP contribution in [-0.2, 0) is 4.79 Å². The van der Waals surface area contributed by atoms with Crippen molar-refractivity contribution in [1.29, 1.82) is 0 Å². The number of nitrogens with one attached hydrogen (secondary N) is 1. The van der Waals surface area contributed by atoms with Gasteiger partial charge in [-0.1, -0.05) is 49.2 Å². The molecular formula is C24H26FN3O2S. The van der Waals surface area contributed by atoms with Crippen molar-refractivity contribution >= 4 is 28.6 Å². The molecule has 0 bridgehead atoms. The number of halogens is 1. The van der Waals surface area contributed by atoms with E-state index >= 15 is 0 Å². The summed E-state index contributed by atoms with van der Waals surface area (Å²) in [6, 6.07) is 12.0. The summed E-state index contributed by atoms with van der Waals surface area (Å²) in [6.45, 7) is 3.48. The molecule has 1 fully saturated rings. The van der Waals surface area contributed by atoms with E-state index in [0.29, 0.717) is 27.3 Å². The Balaban J connectivity index is 1.71. The third-order valence-corrected chi connectivity index (χ3v) is 6.81. The SMILES string of the molecule is Cc1ccc(-n2c(SC(C)C(=O)NC3CCCCC3)nc3ccccc3c2=O)cc1F. The molecule has 0 aliphatic heterocycles. The summed E-state index contributed by atoms with van der Waals surface area (Å²) in [5.74, 6) is -0.461. The van der Waals surface area contributed by atoms with E-state index in [1.165, 1.54) is 28.8 Å². The summed E-state index contributed by atoms with van der Waals surface area (Å²) >= 11 is 1.22. The third-order valence-electron chi connectivity index (χ3n) is 5.76. The van der Waals surface area contributed by atoms with Crippen LogP contribution in [0.1, 0.15) is 44.6 Å². The number of amides is 1. The van der Waals surface area contributed by atoms with E-state index in [9.17, 15) is 14.0 Å². The molecule has 7 heteroatoms. The Labute approximate surface area is 185 Å². The number of aromatic nitrogens is 2. The molecule has 1 aromatic heterocycles. The maximum atomic E-state index is 14.3. The quantitative estimate of drug-likeness (QED) is 0.460. The van der Waals surface area contributed by atoms with Crippen molar-refractivity contribution in [2.75, 3.05) is 0 Å². The first-order chi connectivity index (χ1) is 14.9. The Morgan fingerprint density at radius 3 is 2.68 bits per heavy atom. The first-order valence-electron chi connectivity index (χ1n) is 10.7. The highest BCUT2D eigenvalue weighted by molar-refractivity contribution is 8.00. The number of hydrogen-bond acceptors (Lipinski definition) is 4. The molecule has 0 spiro atoms. The number of hydrogen-bond donors (Lipinski definition) is 1. The summed E-state index contributed by atoms with van der Waals surface area (Å²) < 4.78 is 15.7. The van der Waals surface area contributed by atoms with Crippen molar-refractivity contribution in [3.05, 3.63) is 64.2 Å². The van der Waals surface area contributed by atoms with Gasteiger partial charge in [0.2, 0.25) is 5.91 Å². The zero-order valence-corrected chi connectivity index (χ0v) is 18.5. The molecular weight excluding hydrogens is 413 g/mol. The van der Waals surface area contributed by atoms with E-state index in [4.69, 9.17) is 0 Å². The summed E-state index contributed by atoms with van der Waals surface area (Å²) in [6.07, 6.45) is 5.50. The van der Waals surface area contributed by atoms with Crippen LogP contribution < -0.4 is 10.9 Å². The summed E-state index contributed by atoms with van der Waals surface area (Å²) in [5, 5.41) is 3.51. The molecule has 1 saturated carbocycles. The van der Waals surface area contributed by atoms with Crippen molar-refractivity contribution in [1.82, 2.24) is 14.9 Å². The predicted octanol–water partition coefficient (Wildman–Crippen LogP) is 4.76. The number of aryl methyl sites for hydroxylation is 1. The predicted molar refractivity (Wildman–Crippen MR) is 122 cm³/mol. The maximum absolute atomic E-state index is 14.3. The van der Waals surface area contributed by atoms with Crippen LogP contribution in [0, 0.1) is 12.7 Å². The highest BCUT2D eigenvalue weighted by Gasteiger charge is 2.23. The minimum absolute atomic E-state index is 0.0686. The van der Waals surface area contributed by atoms with Crippen molar-refractivity contribution < 1.29 is 9.18 Å². The lowest BCUT2D eigenvalue weighted by molar-refractivity contribution is -0.121. The molecule has 5 nitrogen and oxygen atoms in total. The fraction of sp³-hybridized carbons (Fsp3) is 0.375. The van der Waals surface area contributed by atoms with Crippen LogP contribution in [0.25, 0.3) is 16.6 Å². The van der Waals surface area contributed by atoms with Gasteiger partial charge in [-0.2, -0.15) is 0 Å². The van der Waals surface area contributed by atoms with Crippen molar-refractivity contribution in [2.24, 2.45) is 0 Å². The Morgan fingerprint density at radius 1 is 1.19 bits per heavy atom. The molecule has 31 heavy (non-hydrogen) atoms. The third kappa shape index (κ3) is 4.66. The van der Waals surface area contributed by atoms with E-state index in [1.807, 2.05) is 13.0 Å². The molecule has 0 saturated heterocycles. The summed E-state index contributed by atoms with van der Waals surface area (Å²) in [4.78, 5) is 30.8. The molecule has 1 heterocycles. The maximum Gasteiger partial charge on any atom is 0.266 e. The lowest BCUT2D eigenvalue weighted by Gasteiger charge is -2.24. The fourth-order valence-corrected chi connectivity index (χ4v) is 4.85. The normalized spacial score (nSPS) is 15.7. The van der Waals surface area contributed by atoms with Gasteiger partial charge >= 0.3 is 0 Å².